The molecule has 0 aliphatic rings. The number of ether oxygens (including phenoxy) is 2. The lowest BCUT2D eigenvalue weighted by molar-refractivity contribution is 0.410. The first-order valence-electron chi connectivity index (χ1n) is 8.12. The molecule has 0 heterocycles. The van der Waals surface area contributed by atoms with Crippen LogP contribution in [0.25, 0.3) is 0 Å². The third kappa shape index (κ3) is 3.01. The predicted molar refractivity (Wildman–Crippen MR) is 99.9 cm³/mol. The smallest absolute Gasteiger partial charge is 0.207 e. The zero-order valence-corrected chi connectivity index (χ0v) is 17.0. The summed E-state index contributed by atoms with van der Waals surface area (Å²) in [6.07, 6.45) is 0. The number of aryl methyl sites for hydroxylation is 2. The summed E-state index contributed by atoms with van der Waals surface area (Å²) in [5.74, 6) is 1.40. The molecule has 0 unspecified atom stereocenters. The minimum Gasteiger partial charge on any atom is -0.496 e. The molecule has 0 saturated heterocycles. The molecule has 0 amide bonds. The lowest BCUT2D eigenvalue weighted by Crippen LogP contribution is -2.12. The lowest BCUT2D eigenvalue weighted by atomic mass is 10.1. The molecule has 0 atom stereocenters. The van der Waals surface area contributed by atoms with Gasteiger partial charge in [-0.3, -0.25) is 0 Å². The van der Waals surface area contributed by atoms with Crippen molar-refractivity contribution in [2.45, 2.75) is 51.3 Å². The van der Waals surface area contributed by atoms with E-state index in [0.717, 1.165) is 22.3 Å². The molecular weight excluding hydrogens is 336 g/mol. The molecule has 0 aliphatic heterocycles. The van der Waals surface area contributed by atoms with Crippen LogP contribution in [0.15, 0.2) is 21.9 Å². The summed E-state index contributed by atoms with van der Waals surface area (Å²) >= 11 is 0. The molecule has 0 saturated carbocycles. The Balaban J connectivity index is 2.87. The van der Waals surface area contributed by atoms with Crippen LogP contribution in [0.3, 0.4) is 0 Å². The predicted octanol–water partition coefficient (Wildman–Crippen LogP) is 4.39. The Kier molecular flexibility index (Phi) is 5.19. The molecule has 0 N–H and O–H groups in total. The molecule has 2 aromatic rings. The van der Waals surface area contributed by atoms with E-state index < -0.39 is 9.84 Å². The average Bonchev–Trinajstić information content (AvgIpc) is 2.53. The van der Waals surface area contributed by atoms with Crippen LogP contribution in [0.2, 0.25) is 0 Å². The molecular formula is C20H26O4S. The van der Waals surface area contributed by atoms with Gasteiger partial charge in [-0.15, -0.1) is 0 Å². The summed E-state index contributed by atoms with van der Waals surface area (Å²) in [6.45, 7) is 11.0. The van der Waals surface area contributed by atoms with Gasteiger partial charge in [0.25, 0.3) is 0 Å². The van der Waals surface area contributed by atoms with Crippen molar-refractivity contribution in [3.63, 3.8) is 0 Å². The van der Waals surface area contributed by atoms with Gasteiger partial charge in [0.2, 0.25) is 9.84 Å². The Morgan fingerprint density at radius 2 is 0.960 bits per heavy atom. The van der Waals surface area contributed by atoms with Gasteiger partial charge in [-0.25, -0.2) is 8.42 Å². The van der Waals surface area contributed by atoms with E-state index in [0.29, 0.717) is 32.4 Å². The SMILES string of the molecule is COc1cc(C)c(S(=O)(=O)c2c(C)cc(OC)c(C)c2C)c(C)c1C. The van der Waals surface area contributed by atoms with Gasteiger partial charge in [0.05, 0.1) is 24.0 Å². The van der Waals surface area contributed by atoms with E-state index in [1.165, 1.54) is 0 Å². The molecule has 5 heteroatoms. The van der Waals surface area contributed by atoms with Gasteiger partial charge >= 0.3 is 0 Å². The molecule has 0 radical (unpaired) electrons. The van der Waals surface area contributed by atoms with E-state index in [4.69, 9.17) is 9.47 Å². The van der Waals surface area contributed by atoms with E-state index in [1.807, 2.05) is 41.5 Å². The fourth-order valence-electron chi connectivity index (χ4n) is 3.40. The van der Waals surface area contributed by atoms with Gasteiger partial charge in [0.15, 0.2) is 0 Å². The summed E-state index contributed by atoms with van der Waals surface area (Å²) in [5, 5.41) is 0. The number of methoxy groups -OCH3 is 2. The van der Waals surface area contributed by atoms with Crippen molar-refractivity contribution in [3.05, 3.63) is 45.5 Å². The summed E-state index contributed by atoms with van der Waals surface area (Å²) in [5.41, 5.74) is 4.51. The Hall–Kier alpha value is -2.01. The van der Waals surface area contributed by atoms with Gasteiger partial charge in [-0.1, -0.05) is 0 Å². The standard InChI is InChI=1S/C20H26O4S/c1-11-9-17(23-7)13(3)15(5)19(11)25(21,22)20-12(2)10-18(24-8)14(4)16(20)6/h9-10H,1-8H3. The number of benzene rings is 2. The van der Waals surface area contributed by atoms with Crippen LogP contribution in [0.1, 0.15) is 33.4 Å². The third-order valence-electron chi connectivity index (χ3n) is 4.93. The Bertz CT molecular complexity index is 870. The van der Waals surface area contributed by atoms with Gasteiger partial charge in [-0.05, 0) is 87.1 Å². The Labute approximate surface area is 150 Å². The van der Waals surface area contributed by atoms with Crippen molar-refractivity contribution in [2.75, 3.05) is 14.2 Å². The van der Waals surface area contributed by atoms with E-state index >= 15 is 0 Å². The van der Waals surface area contributed by atoms with E-state index in [2.05, 4.69) is 0 Å². The van der Waals surface area contributed by atoms with Crippen LogP contribution < -0.4 is 9.47 Å². The van der Waals surface area contributed by atoms with Crippen LogP contribution in [-0.4, -0.2) is 22.6 Å². The van der Waals surface area contributed by atoms with Crippen LogP contribution in [-0.2, 0) is 9.84 Å². The number of hydrogen-bond donors (Lipinski definition) is 0. The first kappa shape index (κ1) is 19.3. The highest BCUT2D eigenvalue weighted by molar-refractivity contribution is 7.91. The molecule has 0 spiro atoms. The molecule has 0 aromatic heterocycles. The molecule has 25 heavy (non-hydrogen) atoms. The average molecular weight is 362 g/mol. The number of sulfone groups is 1. The van der Waals surface area contributed by atoms with E-state index in [-0.39, 0.29) is 0 Å². The number of rotatable bonds is 4. The first-order valence-corrected chi connectivity index (χ1v) is 9.60. The molecule has 2 rings (SSSR count). The van der Waals surface area contributed by atoms with Gasteiger partial charge in [-0.2, -0.15) is 0 Å². The minimum absolute atomic E-state index is 0.363. The lowest BCUT2D eigenvalue weighted by Gasteiger charge is -2.20. The zero-order valence-electron chi connectivity index (χ0n) is 16.2. The third-order valence-corrected chi connectivity index (χ3v) is 7.27. The number of hydrogen-bond acceptors (Lipinski definition) is 4. The monoisotopic (exact) mass is 362 g/mol. The second kappa shape index (κ2) is 6.71. The fourth-order valence-corrected chi connectivity index (χ4v) is 5.68. The molecule has 0 aliphatic carbocycles. The summed E-state index contributed by atoms with van der Waals surface area (Å²) in [4.78, 5) is 0.725. The maximum absolute atomic E-state index is 13.5. The minimum atomic E-state index is -3.67. The first-order chi connectivity index (χ1) is 11.6. The van der Waals surface area contributed by atoms with Crippen LogP contribution in [0, 0.1) is 41.5 Å². The van der Waals surface area contributed by atoms with Crippen molar-refractivity contribution >= 4 is 9.84 Å². The topological polar surface area (TPSA) is 52.6 Å². The summed E-state index contributed by atoms with van der Waals surface area (Å²) < 4.78 is 37.8. The molecule has 136 valence electrons. The highest BCUT2D eigenvalue weighted by Crippen LogP contribution is 2.38. The quantitative estimate of drug-likeness (QED) is 0.809. The maximum Gasteiger partial charge on any atom is 0.207 e. The van der Waals surface area contributed by atoms with Crippen molar-refractivity contribution in [3.8, 4) is 11.5 Å². The van der Waals surface area contributed by atoms with Crippen molar-refractivity contribution in [2.24, 2.45) is 0 Å². The largest absolute Gasteiger partial charge is 0.496 e. The highest BCUT2D eigenvalue weighted by Gasteiger charge is 2.29. The fraction of sp³-hybridized carbons (Fsp3) is 0.400. The van der Waals surface area contributed by atoms with Gasteiger partial charge in [0.1, 0.15) is 11.5 Å². The van der Waals surface area contributed by atoms with Gasteiger partial charge in [0, 0.05) is 0 Å². The normalized spacial score (nSPS) is 11.5. The molecule has 0 bridgehead atoms. The maximum atomic E-state index is 13.5. The zero-order chi connectivity index (χ0) is 19.1. The molecule has 0 fully saturated rings. The molecule has 2 aromatic carbocycles. The van der Waals surface area contributed by atoms with Gasteiger partial charge < -0.3 is 9.47 Å². The summed E-state index contributed by atoms with van der Waals surface area (Å²) in [7, 11) is -0.480. The van der Waals surface area contributed by atoms with E-state index in [1.54, 1.807) is 26.4 Å². The van der Waals surface area contributed by atoms with Crippen molar-refractivity contribution < 1.29 is 17.9 Å². The molecule has 4 nitrogen and oxygen atoms in total. The van der Waals surface area contributed by atoms with E-state index in [9.17, 15) is 8.42 Å². The van der Waals surface area contributed by atoms with Crippen LogP contribution in [0.5, 0.6) is 11.5 Å². The van der Waals surface area contributed by atoms with Crippen LogP contribution in [0.4, 0.5) is 0 Å². The van der Waals surface area contributed by atoms with Crippen molar-refractivity contribution in [1.29, 1.82) is 0 Å². The van der Waals surface area contributed by atoms with Crippen molar-refractivity contribution in [1.82, 2.24) is 0 Å². The van der Waals surface area contributed by atoms with Crippen LogP contribution >= 0.6 is 0 Å². The highest BCUT2D eigenvalue weighted by atomic mass is 32.2. The Morgan fingerprint density at radius 1 is 0.640 bits per heavy atom. The summed E-state index contributed by atoms with van der Waals surface area (Å²) in [6, 6.07) is 3.58. The second-order valence-corrected chi connectivity index (χ2v) is 8.28. The Morgan fingerprint density at radius 3 is 1.24 bits per heavy atom. The second-order valence-electron chi connectivity index (χ2n) is 6.45.